The minimum Gasteiger partial charge on any atom is -0.344 e. The fraction of sp³-hybridized carbons (Fsp3) is 0.474. The molecule has 1 aromatic heterocycles. The lowest BCUT2D eigenvalue weighted by atomic mass is 9.88. The van der Waals surface area contributed by atoms with E-state index in [4.69, 9.17) is 0 Å². The van der Waals surface area contributed by atoms with Gasteiger partial charge in [0.2, 0.25) is 0 Å². The number of benzene rings is 1. The van der Waals surface area contributed by atoms with Gasteiger partial charge in [-0.15, -0.1) is 12.4 Å². The predicted octanol–water partition coefficient (Wildman–Crippen LogP) is 3.04. The van der Waals surface area contributed by atoms with Crippen LogP contribution in [0.15, 0.2) is 36.5 Å². The summed E-state index contributed by atoms with van der Waals surface area (Å²) in [6, 6.07) is 10.7. The van der Waals surface area contributed by atoms with Crippen molar-refractivity contribution in [3.8, 4) is 0 Å². The first-order valence-corrected chi connectivity index (χ1v) is 8.96. The summed E-state index contributed by atoms with van der Waals surface area (Å²) in [7, 11) is 0. The molecule has 6 heteroatoms. The van der Waals surface area contributed by atoms with Gasteiger partial charge in [-0.25, -0.2) is 0 Å². The molecule has 1 aliphatic carbocycles. The first-order valence-electron chi connectivity index (χ1n) is 8.96. The standard InChI is InChI=1S/C19H24N4O.ClH/c24-19(18-10-12-23(22-18)15-7-4-11-20-13-15)21-17-9-3-6-14-5-1-2-8-16(14)17;/h1-2,5,8,10,12,15,17,20H,3-4,6-7,9,11,13H2,(H,21,24);1H. The Balaban J connectivity index is 0.00000182. The SMILES string of the molecule is Cl.O=C(NC1CCCc2ccccc21)c1ccn(C2CCCNC2)n1. The van der Waals surface area contributed by atoms with Gasteiger partial charge in [-0.2, -0.15) is 5.10 Å². The largest absolute Gasteiger partial charge is 0.344 e. The Kier molecular flexibility index (Phi) is 5.76. The van der Waals surface area contributed by atoms with Crippen LogP contribution in [0.5, 0.6) is 0 Å². The van der Waals surface area contributed by atoms with Gasteiger partial charge in [-0.1, -0.05) is 24.3 Å². The van der Waals surface area contributed by atoms with Crippen LogP contribution in [-0.4, -0.2) is 28.8 Å². The molecule has 1 saturated heterocycles. The summed E-state index contributed by atoms with van der Waals surface area (Å²) >= 11 is 0. The Labute approximate surface area is 154 Å². The Bertz CT molecular complexity index is 724. The predicted molar refractivity (Wildman–Crippen MR) is 100 cm³/mol. The van der Waals surface area contributed by atoms with E-state index in [1.807, 2.05) is 23.0 Å². The number of aryl methyl sites for hydroxylation is 1. The zero-order chi connectivity index (χ0) is 16.4. The van der Waals surface area contributed by atoms with Crippen molar-refractivity contribution in [3.05, 3.63) is 53.3 Å². The first kappa shape index (κ1) is 18.0. The summed E-state index contributed by atoms with van der Waals surface area (Å²) in [5, 5.41) is 11.1. The van der Waals surface area contributed by atoms with E-state index in [0.29, 0.717) is 11.7 Å². The molecule has 2 unspecified atom stereocenters. The van der Waals surface area contributed by atoms with Crippen LogP contribution in [0.2, 0.25) is 0 Å². The van der Waals surface area contributed by atoms with Gasteiger partial charge < -0.3 is 10.6 Å². The first-order chi connectivity index (χ1) is 11.8. The van der Waals surface area contributed by atoms with Crippen LogP contribution in [0.4, 0.5) is 0 Å². The second kappa shape index (κ2) is 8.02. The highest BCUT2D eigenvalue weighted by molar-refractivity contribution is 5.92. The van der Waals surface area contributed by atoms with Gasteiger partial charge in [0.25, 0.3) is 5.91 Å². The fourth-order valence-electron chi connectivity index (χ4n) is 3.86. The zero-order valence-electron chi connectivity index (χ0n) is 14.3. The number of rotatable bonds is 3. The summed E-state index contributed by atoms with van der Waals surface area (Å²) in [4.78, 5) is 12.6. The average molecular weight is 361 g/mol. The lowest BCUT2D eigenvalue weighted by Gasteiger charge is -2.26. The molecule has 4 rings (SSSR count). The number of nitrogens with zero attached hydrogens (tertiary/aromatic N) is 2. The molecule has 2 atom stereocenters. The summed E-state index contributed by atoms with van der Waals surface area (Å²) < 4.78 is 1.94. The molecule has 2 aliphatic rings. The number of aromatic nitrogens is 2. The van der Waals surface area contributed by atoms with Gasteiger partial charge in [0.1, 0.15) is 5.69 Å². The van der Waals surface area contributed by atoms with Crippen LogP contribution in [0, 0.1) is 0 Å². The molecule has 5 nitrogen and oxygen atoms in total. The fourth-order valence-corrected chi connectivity index (χ4v) is 3.86. The van der Waals surface area contributed by atoms with Crippen molar-refractivity contribution in [1.82, 2.24) is 20.4 Å². The van der Waals surface area contributed by atoms with Gasteiger partial charge in [-0.3, -0.25) is 9.48 Å². The second-order valence-corrected chi connectivity index (χ2v) is 6.80. The molecule has 0 bridgehead atoms. The summed E-state index contributed by atoms with van der Waals surface area (Å²) in [6.45, 7) is 2.00. The topological polar surface area (TPSA) is 59.0 Å². The number of hydrogen-bond donors (Lipinski definition) is 2. The van der Waals surface area contributed by atoms with Gasteiger partial charge >= 0.3 is 0 Å². The number of nitrogens with one attached hydrogen (secondary N) is 2. The smallest absolute Gasteiger partial charge is 0.272 e. The Morgan fingerprint density at radius 1 is 1.20 bits per heavy atom. The van der Waals surface area contributed by atoms with Gasteiger partial charge in [0.05, 0.1) is 12.1 Å². The van der Waals surface area contributed by atoms with Crippen molar-refractivity contribution in [2.24, 2.45) is 0 Å². The highest BCUT2D eigenvalue weighted by Gasteiger charge is 2.23. The molecule has 2 aromatic rings. The third-order valence-electron chi connectivity index (χ3n) is 5.16. The molecule has 1 amide bonds. The lowest BCUT2D eigenvalue weighted by molar-refractivity contribution is 0.0926. The molecular weight excluding hydrogens is 336 g/mol. The maximum atomic E-state index is 12.6. The second-order valence-electron chi connectivity index (χ2n) is 6.80. The van der Waals surface area contributed by atoms with E-state index in [0.717, 1.165) is 45.2 Å². The zero-order valence-corrected chi connectivity index (χ0v) is 15.1. The van der Waals surface area contributed by atoms with Gasteiger partial charge in [0, 0.05) is 12.7 Å². The van der Waals surface area contributed by atoms with Gasteiger partial charge in [0.15, 0.2) is 0 Å². The van der Waals surface area contributed by atoms with Crippen LogP contribution in [0.25, 0.3) is 0 Å². The molecule has 0 spiro atoms. The van der Waals surface area contributed by atoms with E-state index < -0.39 is 0 Å². The van der Waals surface area contributed by atoms with Crippen LogP contribution in [0.1, 0.15) is 59.4 Å². The van der Waals surface area contributed by atoms with Crippen molar-refractivity contribution in [2.45, 2.75) is 44.2 Å². The Morgan fingerprint density at radius 3 is 2.92 bits per heavy atom. The highest BCUT2D eigenvalue weighted by atomic mass is 35.5. The number of carbonyl (C=O) groups is 1. The summed E-state index contributed by atoms with van der Waals surface area (Å²) in [6.07, 6.45) is 7.42. The van der Waals surface area contributed by atoms with Gasteiger partial charge in [-0.05, 0) is 55.8 Å². The van der Waals surface area contributed by atoms with E-state index >= 15 is 0 Å². The molecule has 1 aromatic carbocycles. The van der Waals surface area contributed by atoms with Crippen LogP contribution in [0.3, 0.4) is 0 Å². The van der Waals surface area contributed by atoms with Crippen molar-refractivity contribution >= 4 is 18.3 Å². The third kappa shape index (κ3) is 3.88. The van der Waals surface area contributed by atoms with Crippen molar-refractivity contribution in [2.75, 3.05) is 13.1 Å². The average Bonchev–Trinajstić information content (AvgIpc) is 3.13. The quantitative estimate of drug-likeness (QED) is 0.884. The molecule has 1 aliphatic heterocycles. The molecular formula is C19H25ClN4O. The molecule has 134 valence electrons. The van der Waals surface area contributed by atoms with Crippen LogP contribution >= 0.6 is 12.4 Å². The van der Waals surface area contributed by atoms with Crippen molar-refractivity contribution in [1.29, 1.82) is 0 Å². The number of piperidine rings is 1. The minimum atomic E-state index is -0.0702. The monoisotopic (exact) mass is 360 g/mol. The number of halogens is 1. The number of fused-ring (bicyclic) bond motifs is 1. The van der Waals surface area contributed by atoms with Crippen molar-refractivity contribution in [3.63, 3.8) is 0 Å². The lowest BCUT2D eigenvalue weighted by Crippen LogP contribution is -2.33. The van der Waals surface area contributed by atoms with E-state index in [-0.39, 0.29) is 24.4 Å². The number of hydrogen-bond acceptors (Lipinski definition) is 3. The highest BCUT2D eigenvalue weighted by Crippen LogP contribution is 2.29. The maximum absolute atomic E-state index is 12.6. The molecule has 1 fully saturated rings. The van der Waals surface area contributed by atoms with E-state index in [9.17, 15) is 4.79 Å². The van der Waals surface area contributed by atoms with Crippen molar-refractivity contribution < 1.29 is 4.79 Å². The summed E-state index contributed by atoms with van der Waals surface area (Å²) in [5.74, 6) is -0.0702. The van der Waals surface area contributed by atoms with Crippen LogP contribution < -0.4 is 10.6 Å². The minimum absolute atomic E-state index is 0. The number of amides is 1. The Hall–Kier alpha value is -1.85. The normalized spacial score (nSPS) is 22.6. The molecule has 2 N–H and O–H groups in total. The molecule has 25 heavy (non-hydrogen) atoms. The Morgan fingerprint density at radius 2 is 2.08 bits per heavy atom. The van der Waals surface area contributed by atoms with E-state index in [2.05, 4.69) is 33.9 Å². The molecule has 0 radical (unpaired) electrons. The maximum Gasteiger partial charge on any atom is 0.272 e. The van der Waals surface area contributed by atoms with E-state index in [1.165, 1.54) is 11.1 Å². The molecule has 2 heterocycles. The number of carbonyl (C=O) groups excluding carboxylic acids is 1. The molecule has 0 saturated carbocycles. The van der Waals surface area contributed by atoms with Crippen LogP contribution in [-0.2, 0) is 6.42 Å². The summed E-state index contributed by atoms with van der Waals surface area (Å²) in [5.41, 5.74) is 3.13. The third-order valence-corrected chi connectivity index (χ3v) is 5.16. The van der Waals surface area contributed by atoms with E-state index in [1.54, 1.807) is 0 Å².